The van der Waals surface area contributed by atoms with Gasteiger partial charge in [-0.15, -0.1) is 11.3 Å². The number of thiazole rings is 1. The van der Waals surface area contributed by atoms with Gasteiger partial charge in [0.05, 0.1) is 12.2 Å². The SMILES string of the molecule is C[C@H]1C[C@@H](CO)CCN1Cc1csc(CNC(=O)c2ccccc2)n1. The predicted molar refractivity (Wildman–Crippen MR) is 99.4 cm³/mol. The van der Waals surface area contributed by atoms with Crippen molar-refractivity contribution in [3.63, 3.8) is 0 Å². The molecule has 0 spiro atoms. The number of nitrogens with one attached hydrogen (secondary N) is 1. The van der Waals surface area contributed by atoms with Crippen LogP contribution >= 0.6 is 11.3 Å². The van der Waals surface area contributed by atoms with Crippen LogP contribution in [0.3, 0.4) is 0 Å². The van der Waals surface area contributed by atoms with Crippen molar-refractivity contribution in [1.82, 2.24) is 15.2 Å². The van der Waals surface area contributed by atoms with Crippen LogP contribution in [0.5, 0.6) is 0 Å². The number of likely N-dealkylation sites (tertiary alicyclic amines) is 1. The molecule has 2 atom stereocenters. The molecule has 2 N–H and O–H groups in total. The third kappa shape index (κ3) is 4.87. The normalized spacial score (nSPS) is 21.2. The van der Waals surface area contributed by atoms with E-state index in [0.29, 0.717) is 30.7 Å². The van der Waals surface area contributed by atoms with Crippen LogP contribution in [0.15, 0.2) is 35.7 Å². The summed E-state index contributed by atoms with van der Waals surface area (Å²) in [4.78, 5) is 19.2. The minimum atomic E-state index is -0.0722. The van der Waals surface area contributed by atoms with Crippen molar-refractivity contribution in [3.8, 4) is 0 Å². The van der Waals surface area contributed by atoms with Crippen LogP contribution in [0.25, 0.3) is 0 Å². The van der Waals surface area contributed by atoms with Crippen LogP contribution in [0.1, 0.15) is 40.8 Å². The highest BCUT2D eigenvalue weighted by molar-refractivity contribution is 7.09. The van der Waals surface area contributed by atoms with Gasteiger partial charge in [-0.1, -0.05) is 18.2 Å². The molecule has 25 heavy (non-hydrogen) atoms. The lowest BCUT2D eigenvalue weighted by Crippen LogP contribution is -2.41. The lowest BCUT2D eigenvalue weighted by molar-refractivity contribution is 0.0831. The van der Waals surface area contributed by atoms with Gasteiger partial charge in [-0.2, -0.15) is 0 Å². The van der Waals surface area contributed by atoms with E-state index in [0.717, 1.165) is 36.6 Å². The van der Waals surface area contributed by atoms with Gasteiger partial charge < -0.3 is 10.4 Å². The molecule has 0 aliphatic carbocycles. The summed E-state index contributed by atoms with van der Waals surface area (Å²) in [5.41, 5.74) is 1.73. The maximum absolute atomic E-state index is 12.1. The molecule has 1 aliphatic rings. The van der Waals surface area contributed by atoms with E-state index >= 15 is 0 Å². The van der Waals surface area contributed by atoms with Gasteiger partial charge in [-0.05, 0) is 44.4 Å². The summed E-state index contributed by atoms with van der Waals surface area (Å²) >= 11 is 1.59. The smallest absolute Gasteiger partial charge is 0.251 e. The molecule has 3 rings (SSSR count). The molecular formula is C19H25N3O2S. The van der Waals surface area contributed by atoms with Crippen molar-refractivity contribution in [2.24, 2.45) is 5.92 Å². The highest BCUT2D eigenvalue weighted by Gasteiger charge is 2.25. The largest absolute Gasteiger partial charge is 0.396 e. The van der Waals surface area contributed by atoms with Crippen LogP contribution < -0.4 is 5.32 Å². The lowest BCUT2D eigenvalue weighted by atomic mass is 9.92. The van der Waals surface area contributed by atoms with Crippen molar-refractivity contribution in [1.29, 1.82) is 0 Å². The minimum absolute atomic E-state index is 0.0722. The summed E-state index contributed by atoms with van der Waals surface area (Å²) in [7, 11) is 0. The molecule has 0 radical (unpaired) electrons. The van der Waals surface area contributed by atoms with Crippen molar-refractivity contribution in [2.75, 3.05) is 13.2 Å². The van der Waals surface area contributed by atoms with Gasteiger partial charge in [0.25, 0.3) is 5.91 Å². The standard InChI is InChI=1S/C19H25N3O2S/c1-14-9-15(12-23)7-8-22(14)11-17-13-25-18(21-17)10-20-19(24)16-5-3-2-4-6-16/h2-6,13-15,23H,7-12H2,1H3,(H,20,24)/t14-,15-/m0/s1. The number of carbonyl (C=O) groups is 1. The molecule has 1 fully saturated rings. The van der Waals surface area contributed by atoms with Crippen LogP contribution in [-0.4, -0.2) is 40.1 Å². The van der Waals surface area contributed by atoms with Gasteiger partial charge in [0, 0.05) is 30.1 Å². The molecule has 0 saturated carbocycles. The third-order valence-electron chi connectivity index (χ3n) is 4.78. The Kier molecular flexibility index (Phi) is 6.18. The molecular weight excluding hydrogens is 334 g/mol. The Labute approximate surface area is 152 Å². The predicted octanol–water partition coefficient (Wildman–Crippen LogP) is 2.67. The number of rotatable bonds is 6. The second-order valence-corrected chi connectivity index (χ2v) is 7.62. The second-order valence-electron chi connectivity index (χ2n) is 6.67. The molecule has 0 unspecified atom stereocenters. The summed E-state index contributed by atoms with van der Waals surface area (Å²) in [5.74, 6) is 0.363. The zero-order chi connectivity index (χ0) is 17.6. The van der Waals surface area contributed by atoms with Crippen molar-refractivity contribution in [2.45, 2.75) is 38.9 Å². The molecule has 6 heteroatoms. The van der Waals surface area contributed by atoms with E-state index in [9.17, 15) is 9.90 Å². The number of aliphatic hydroxyl groups excluding tert-OH is 1. The average Bonchev–Trinajstić information content (AvgIpc) is 3.09. The molecule has 1 aliphatic heterocycles. The average molecular weight is 359 g/mol. The van der Waals surface area contributed by atoms with Crippen molar-refractivity contribution in [3.05, 3.63) is 52.0 Å². The first-order chi connectivity index (χ1) is 12.2. The van der Waals surface area contributed by atoms with Gasteiger partial charge in [0.15, 0.2) is 0 Å². The topological polar surface area (TPSA) is 65.5 Å². The van der Waals surface area contributed by atoms with Crippen LogP contribution in [-0.2, 0) is 13.1 Å². The fourth-order valence-corrected chi connectivity index (χ4v) is 4.00. The Morgan fingerprint density at radius 2 is 2.20 bits per heavy atom. The highest BCUT2D eigenvalue weighted by atomic mass is 32.1. The Balaban J connectivity index is 1.50. The quantitative estimate of drug-likeness (QED) is 0.832. The molecule has 1 amide bonds. The molecule has 2 aromatic rings. The number of nitrogens with zero attached hydrogens (tertiary/aromatic N) is 2. The van der Waals surface area contributed by atoms with Crippen molar-refractivity contribution < 1.29 is 9.90 Å². The summed E-state index contributed by atoms with van der Waals surface area (Å²) in [6.07, 6.45) is 2.09. The molecule has 1 aromatic heterocycles. The molecule has 1 saturated heterocycles. The van der Waals surface area contributed by atoms with Crippen LogP contribution in [0.2, 0.25) is 0 Å². The van der Waals surface area contributed by atoms with Crippen LogP contribution in [0, 0.1) is 5.92 Å². The molecule has 134 valence electrons. The fourth-order valence-electron chi connectivity index (χ4n) is 3.28. The summed E-state index contributed by atoms with van der Waals surface area (Å²) in [5, 5.41) is 15.2. The maximum Gasteiger partial charge on any atom is 0.251 e. The number of hydrogen-bond acceptors (Lipinski definition) is 5. The van der Waals surface area contributed by atoms with E-state index in [1.165, 1.54) is 0 Å². The Morgan fingerprint density at radius 3 is 2.92 bits per heavy atom. The lowest BCUT2D eigenvalue weighted by Gasteiger charge is -2.36. The number of aromatic nitrogens is 1. The van der Waals surface area contributed by atoms with E-state index in [1.54, 1.807) is 23.5 Å². The van der Waals surface area contributed by atoms with E-state index in [4.69, 9.17) is 0 Å². The number of carbonyl (C=O) groups excluding carboxylic acids is 1. The number of amides is 1. The second kappa shape index (κ2) is 8.56. The molecule has 0 bridgehead atoms. The highest BCUT2D eigenvalue weighted by Crippen LogP contribution is 2.24. The summed E-state index contributed by atoms with van der Waals surface area (Å²) in [6, 6.07) is 9.69. The zero-order valence-electron chi connectivity index (χ0n) is 14.5. The van der Waals surface area contributed by atoms with Crippen molar-refractivity contribution >= 4 is 17.2 Å². The van der Waals surface area contributed by atoms with Gasteiger partial charge in [-0.3, -0.25) is 9.69 Å². The number of hydrogen-bond donors (Lipinski definition) is 2. The maximum atomic E-state index is 12.1. The van der Waals surface area contributed by atoms with E-state index < -0.39 is 0 Å². The van der Waals surface area contributed by atoms with E-state index in [-0.39, 0.29) is 5.91 Å². The third-order valence-corrected chi connectivity index (χ3v) is 5.68. The van der Waals surface area contributed by atoms with E-state index in [2.05, 4.69) is 27.5 Å². The first kappa shape index (κ1) is 18.0. The minimum Gasteiger partial charge on any atom is -0.396 e. The number of aliphatic hydroxyl groups is 1. The molecule has 5 nitrogen and oxygen atoms in total. The molecule has 2 heterocycles. The van der Waals surface area contributed by atoms with Gasteiger partial charge in [0.2, 0.25) is 0 Å². The fraction of sp³-hybridized carbons (Fsp3) is 0.474. The number of piperidine rings is 1. The van der Waals surface area contributed by atoms with E-state index in [1.807, 2.05) is 18.2 Å². The first-order valence-electron chi connectivity index (χ1n) is 8.77. The number of benzene rings is 1. The first-order valence-corrected chi connectivity index (χ1v) is 9.65. The summed E-state index contributed by atoms with van der Waals surface area (Å²) in [6.45, 7) is 4.81. The zero-order valence-corrected chi connectivity index (χ0v) is 15.3. The van der Waals surface area contributed by atoms with Crippen LogP contribution in [0.4, 0.5) is 0 Å². The Bertz CT molecular complexity index is 689. The van der Waals surface area contributed by atoms with Gasteiger partial charge >= 0.3 is 0 Å². The Hall–Kier alpha value is -1.76. The van der Waals surface area contributed by atoms with Gasteiger partial charge in [0.1, 0.15) is 5.01 Å². The Morgan fingerprint density at radius 1 is 1.40 bits per heavy atom. The molecule has 1 aromatic carbocycles. The monoisotopic (exact) mass is 359 g/mol. The van der Waals surface area contributed by atoms with Gasteiger partial charge in [-0.25, -0.2) is 4.98 Å². The summed E-state index contributed by atoms with van der Waals surface area (Å²) < 4.78 is 0.